The monoisotopic (exact) mass is 414 g/mol. The van der Waals surface area contributed by atoms with Crippen LogP contribution in [0.2, 0.25) is 5.02 Å². The Bertz CT molecular complexity index is 1110. The normalized spacial score (nSPS) is 11.1. The minimum Gasteiger partial charge on any atom is -0.322 e. The predicted molar refractivity (Wildman–Crippen MR) is 113 cm³/mol. The molecule has 0 saturated heterocycles. The van der Waals surface area contributed by atoms with Gasteiger partial charge in [-0.1, -0.05) is 29.8 Å². The fourth-order valence-corrected chi connectivity index (χ4v) is 3.99. The minimum atomic E-state index is -3.77. The van der Waals surface area contributed by atoms with Gasteiger partial charge in [0.2, 0.25) is 0 Å². The third-order valence-electron chi connectivity index (χ3n) is 4.22. The highest BCUT2D eigenvalue weighted by Gasteiger charge is 2.22. The van der Waals surface area contributed by atoms with Crippen molar-refractivity contribution in [1.82, 2.24) is 0 Å². The second-order valence-corrected chi connectivity index (χ2v) is 8.71. The third kappa shape index (κ3) is 4.35. The maximum atomic E-state index is 12.8. The van der Waals surface area contributed by atoms with Gasteiger partial charge in [0.25, 0.3) is 15.9 Å². The van der Waals surface area contributed by atoms with E-state index in [0.717, 1.165) is 9.87 Å². The number of carbonyl (C=O) groups excluding carboxylic acids is 1. The SMILES string of the molecule is Cc1cccc(NC(=O)c2cccc(N(C)S(=O)(=O)c3ccc(Cl)cc3)c2)c1. The van der Waals surface area contributed by atoms with E-state index in [9.17, 15) is 13.2 Å². The summed E-state index contributed by atoms with van der Waals surface area (Å²) < 4.78 is 26.8. The lowest BCUT2D eigenvalue weighted by molar-refractivity contribution is 0.102. The Morgan fingerprint density at radius 3 is 2.32 bits per heavy atom. The predicted octanol–water partition coefficient (Wildman–Crippen LogP) is 4.73. The number of amides is 1. The van der Waals surface area contributed by atoms with Gasteiger partial charge in [-0.05, 0) is 67.1 Å². The molecular weight excluding hydrogens is 396 g/mol. The molecule has 1 amide bonds. The number of rotatable bonds is 5. The highest BCUT2D eigenvalue weighted by Crippen LogP contribution is 2.24. The standard InChI is InChI=1S/C21H19ClN2O3S/c1-15-5-3-7-18(13-15)23-21(25)16-6-4-8-19(14-16)24(2)28(26,27)20-11-9-17(22)10-12-20/h3-14H,1-2H3,(H,23,25). The summed E-state index contributed by atoms with van der Waals surface area (Å²) in [6.07, 6.45) is 0. The Morgan fingerprint density at radius 2 is 1.64 bits per heavy atom. The minimum absolute atomic E-state index is 0.119. The van der Waals surface area contributed by atoms with Crippen LogP contribution in [0.15, 0.2) is 77.7 Å². The molecule has 0 aliphatic carbocycles. The van der Waals surface area contributed by atoms with Crippen molar-refractivity contribution in [2.24, 2.45) is 0 Å². The van der Waals surface area contributed by atoms with Crippen molar-refractivity contribution in [1.29, 1.82) is 0 Å². The molecule has 0 aliphatic rings. The number of halogens is 1. The molecule has 0 unspecified atom stereocenters. The van der Waals surface area contributed by atoms with Gasteiger partial charge in [-0.15, -0.1) is 0 Å². The fraction of sp³-hybridized carbons (Fsp3) is 0.0952. The van der Waals surface area contributed by atoms with Gasteiger partial charge in [-0.3, -0.25) is 9.10 Å². The van der Waals surface area contributed by atoms with Crippen LogP contribution in [0.5, 0.6) is 0 Å². The molecule has 3 rings (SSSR count). The highest BCUT2D eigenvalue weighted by atomic mass is 35.5. The summed E-state index contributed by atoms with van der Waals surface area (Å²) in [6, 6.07) is 19.8. The molecule has 5 nitrogen and oxygen atoms in total. The van der Waals surface area contributed by atoms with Gasteiger partial charge in [0, 0.05) is 23.3 Å². The molecule has 0 fully saturated rings. The molecular formula is C21H19ClN2O3S. The van der Waals surface area contributed by atoms with E-state index in [-0.39, 0.29) is 10.8 Å². The summed E-state index contributed by atoms with van der Waals surface area (Å²) in [4.78, 5) is 12.7. The zero-order valence-corrected chi connectivity index (χ0v) is 17.0. The number of nitrogens with one attached hydrogen (secondary N) is 1. The lowest BCUT2D eigenvalue weighted by Crippen LogP contribution is -2.26. The molecule has 1 N–H and O–H groups in total. The van der Waals surface area contributed by atoms with Crippen LogP contribution < -0.4 is 9.62 Å². The fourth-order valence-electron chi connectivity index (χ4n) is 2.67. The molecule has 0 spiro atoms. The van der Waals surface area contributed by atoms with Crippen molar-refractivity contribution in [3.05, 3.63) is 88.9 Å². The Hall–Kier alpha value is -2.83. The van der Waals surface area contributed by atoms with Crippen molar-refractivity contribution in [3.8, 4) is 0 Å². The van der Waals surface area contributed by atoms with Crippen molar-refractivity contribution in [3.63, 3.8) is 0 Å². The highest BCUT2D eigenvalue weighted by molar-refractivity contribution is 7.92. The molecule has 144 valence electrons. The summed E-state index contributed by atoms with van der Waals surface area (Å²) >= 11 is 5.84. The molecule has 0 radical (unpaired) electrons. The van der Waals surface area contributed by atoms with Crippen LogP contribution in [0.4, 0.5) is 11.4 Å². The Kier molecular flexibility index (Phi) is 5.72. The maximum Gasteiger partial charge on any atom is 0.264 e. The second kappa shape index (κ2) is 8.04. The first-order valence-electron chi connectivity index (χ1n) is 8.50. The first-order valence-corrected chi connectivity index (χ1v) is 10.3. The van der Waals surface area contributed by atoms with Crippen molar-refractivity contribution in [2.45, 2.75) is 11.8 Å². The van der Waals surface area contributed by atoms with Gasteiger partial charge in [-0.25, -0.2) is 8.42 Å². The van der Waals surface area contributed by atoms with Gasteiger partial charge >= 0.3 is 0 Å². The number of aryl methyl sites for hydroxylation is 1. The third-order valence-corrected chi connectivity index (χ3v) is 6.27. The van der Waals surface area contributed by atoms with E-state index < -0.39 is 10.0 Å². The van der Waals surface area contributed by atoms with Crippen LogP contribution in [0.1, 0.15) is 15.9 Å². The first kappa shape index (κ1) is 19.9. The summed E-state index contributed by atoms with van der Waals surface area (Å²) in [7, 11) is -2.33. The van der Waals surface area contributed by atoms with Crippen LogP contribution in [0, 0.1) is 6.92 Å². The van der Waals surface area contributed by atoms with E-state index in [2.05, 4.69) is 5.32 Å². The van der Waals surface area contributed by atoms with E-state index in [0.29, 0.717) is 22.0 Å². The van der Waals surface area contributed by atoms with Crippen LogP contribution in [0.25, 0.3) is 0 Å². The van der Waals surface area contributed by atoms with E-state index in [1.807, 2.05) is 25.1 Å². The summed E-state index contributed by atoms with van der Waals surface area (Å²) in [5.41, 5.74) is 2.45. The Morgan fingerprint density at radius 1 is 0.964 bits per heavy atom. The molecule has 0 heterocycles. The number of hydrogen-bond donors (Lipinski definition) is 1. The van der Waals surface area contributed by atoms with Crippen molar-refractivity contribution in [2.75, 3.05) is 16.7 Å². The topological polar surface area (TPSA) is 66.5 Å². The van der Waals surface area contributed by atoms with Gasteiger partial charge in [0.05, 0.1) is 10.6 Å². The molecule has 7 heteroatoms. The van der Waals surface area contributed by atoms with E-state index in [1.54, 1.807) is 30.3 Å². The molecule has 0 aromatic heterocycles. The van der Waals surface area contributed by atoms with E-state index >= 15 is 0 Å². The first-order chi connectivity index (χ1) is 13.3. The average molecular weight is 415 g/mol. The van der Waals surface area contributed by atoms with Gasteiger partial charge in [-0.2, -0.15) is 0 Å². The molecule has 0 saturated carbocycles. The van der Waals surface area contributed by atoms with E-state index in [4.69, 9.17) is 11.6 Å². The second-order valence-electron chi connectivity index (χ2n) is 6.30. The van der Waals surface area contributed by atoms with Gasteiger partial charge < -0.3 is 5.32 Å². The number of benzene rings is 3. The number of sulfonamides is 1. The number of carbonyl (C=O) groups is 1. The summed E-state index contributed by atoms with van der Waals surface area (Å²) in [5.74, 6) is -0.315. The molecule has 0 atom stereocenters. The Labute approximate surface area is 169 Å². The number of hydrogen-bond acceptors (Lipinski definition) is 3. The van der Waals surface area contributed by atoms with Gasteiger partial charge in [0.15, 0.2) is 0 Å². The van der Waals surface area contributed by atoms with Gasteiger partial charge in [0.1, 0.15) is 0 Å². The molecule has 0 aliphatic heterocycles. The van der Waals surface area contributed by atoms with Crippen molar-refractivity contribution >= 4 is 38.9 Å². The lowest BCUT2D eigenvalue weighted by Gasteiger charge is -2.20. The Balaban J connectivity index is 1.85. The van der Waals surface area contributed by atoms with Crippen LogP contribution in [-0.4, -0.2) is 21.4 Å². The summed E-state index contributed by atoms with van der Waals surface area (Å²) in [6.45, 7) is 1.94. The average Bonchev–Trinajstić information content (AvgIpc) is 2.68. The molecule has 3 aromatic rings. The number of nitrogens with zero attached hydrogens (tertiary/aromatic N) is 1. The lowest BCUT2D eigenvalue weighted by atomic mass is 10.1. The molecule has 0 bridgehead atoms. The quantitative estimate of drug-likeness (QED) is 0.656. The maximum absolute atomic E-state index is 12.8. The van der Waals surface area contributed by atoms with Crippen LogP contribution in [0.3, 0.4) is 0 Å². The molecule has 28 heavy (non-hydrogen) atoms. The van der Waals surface area contributed by atoms with Crippen LogP contribution in [-0.2, 0) is 10.0 Å². The van der Waals surface area contributed by atoms with E-state index in [1.165, 1.54) is 31.3 Å². The smallest absolute Gasteiger partial charge is 0.264 e. The number of anilines is 2. The van der Waals surface area contributed by atoms with Crippen molar-refractivity contribution < 1.29 is 13.2 Å². The zero-order valence-electron chi connectivity index (χ0n) is 15.4. The zero-order chi connectivity index (χ0) is 20.3. The van der Waals surface area contributed by atoms with Crippen LogP contribution >= 0.6 is 11.6 Å². The summed E-state index contributed by atoms with van der Waals surface area (Å²) in [5, 5.41) is 3.28. The molecule has 3 aromatic carbocycles. The largest absolute Gasteiger partial charge is 0.322 e.